The van der Waals surface area contributed by atoms with E-state index in [-0.39, 0.29) is 5.60 Å². The van der Waals surface area contributed by atoms with E-state index in [4.69, 9.17) is 9.47 Å². The third-order valence-electron chi connectivity index (χ3n) is 4.03. The number of methoxy groups -OCH3 is 2. The Balaban J connectivity index is 1.99. The molecular formula is C19H27N3O2. The van der Waals surface area contributed by atoms with Crippen LogP contribution in [-0.2, 0) is 11.3 Å². The highest BCUT2D eigenvalue weighted by molar-refractivity contribution is 5.85. The van der Waals surface area contributed by atoms with E-state index >= 15 is 0 Å². The van der Waals surface area contributed by atoms with Gasteiger partial charge in [-0.15, -0.1) is 0 Å². The first-order valence-electron chi connectivity index (χ1n) is 8.04. The number of ether oxygens (including phenoxy) is 2. The average molecular weight is 329 g/mol. The van der Waals surface area contributed by atoms with Crippen molar-refractivity contribution in [2.24, 2.45) is 4.99 Å². The summed E-state index contributed by atoms with van der Waals surface area (Å²) in [6, 6.07) is 12.5. The fraction of sp³-hybridized carbons (Fsp3) is 0.421. The molecule has 24 heavy (non-hydrogen) atoms. The van der Waals surface area contributed by atoms with Crippen LogP contribution in [0.2, 0.25) is 0 Å². The quantitative estimate of drug-likeness (QED) is 0.632. The topological polar surface area (TPSA) is 54.9 Å². The van der Waals surface area contributed by atoms with Crippen molar-refractivity contribution >= 4 is 16.7 Å². The maximum absolute atomic E-state index is 5.41. The lowest BCUT2D eigenvalue weighted by Crippen LogP contribution is -2.45. The number of hydrogen-bond acceptors (Lipinski definition) is 3. The molecule has 5 heteroatoms. The molecule has 0 radical (unpaired) electrons. The van der Waals surface area contributed by atoms with Gasteiger partial charge in [0.2, 0.25) is 0 Å². The number of nitrogens with zero attached hydrogens (tertiary/aromatic N) is 1. The molecule has 0 saturated carbocycles. The van der Waals surface area contributed by atoms with Crippen LogP contribution in [-0.4, -0.2) is 39.4 Å². The van der Waals surface area contributed by atoms with Crippen molar-refractivity contribution in [2.75, 3.05) is 27.8 Å². The molecule has 0 heterocycles. The van der Waals surface area contributed by atoms with Gasteiger partial charge in [-0.3, -0.25) is 4.99 Å². The summed E-state index contributed by atoms with van der Waals surface area (Å²) in [6.07, 6.45) is 0. The van der Waals surface area contributed by atoms with Crippen LogP contribution >= 0.6 is 0 Å². The number of guanidine groups is 1. The van der Waals surface area contributed by atoms with Gasteiger partial charge in [0, 0.05) is 27.2 Å². The number of rotatable bonds is 6. The van der Waals surface area contributed by atoms with Crippen molar-refractivity contribution in [3.05, 3.63) is 42.0 Å². The molecule has 0 fully saturated rings. The second-order valence-corrected chi connectivity index (χ2v) is 6.29. The Hall–Kier alpha value is -2.27. The summed E-state index contributed by atoms with van der Waals surface area (Å²) < 4.78 is 10.7. The van der Waals surface area contributed by atoms with E-state index in [1.54, 1.807) is 21.3 Å². The summed E-state index contributed by atoms with van der Waals surface area (Å²) in [6.45, 7) is 5.45. The van der Waals surface area contributed by atoms with Crippen molar-refractivity contribution in [2.45, 2.75) is 26.0 Å². The first kappa shape index (κ1) is 18.1. The van der Waals surface area contributed by atoms with Crippen molar-refractivity contribution in [3.63, 3.8) is 0 Å². The van der Waals surface area contributed by atoms with Crippen LogP contribution < -0.4 is 15.4 Å². The second-order valence-electron chi connectivity index (χ2n) is 6.29. The molecule has 0 atom stereocenters. The van der Waals surface area contributed by atoms with E-state index in [2.05, 4.69) is 39.9 Å². The van der Waals surface area contributed by atoms with Crippen molar-refractivity contribution in [1.82, 2.24) is 10.6 Å². The van der Waals surface area contributed by atoms with Gasteiger partial charge >= 0.3 is 0 Å². The first-order chi connectivity index (χ1) is 11.5. The predicted molar refractivity (Wildman–Crippen MR) is 99.8 cm³/mol. The Morgan fingerprint density at radius 2 is 1.75 bits per heavy atom. The zero-order valence-electron chi connectivity index (χ0n) is 15.1. The first-order valence-corrected chi connectivity index (χ1v) is 8.04. The zero-order chi connectivity index (χ0) is 17.6. The van der Waals surface area contributed by atoms with Gasteiger partial charge in [0.25, 0.3) is 0 Å². The molecular weight excluding hydrogens is 302 g/mol. The van der Waals surface area contributed by atoms with Gasteiger partial charge in [0.15, 0.2) is 5.96 Å². The maximum atomic E-state index is 5.41. The van der Waals surface area contributed by atoms with Crippen LogP contribution in [0.15, 0.2) is 41.4 Å². The van der Waals surface area contributed by atoms with Gasteiger partial charge in [0.1, 0.15) is 5.75 Å². The lowest BCUT2D eigenvalue weighted by molar-refractivity contribution is 0.0268. The standard InChI is InChI=1S/C19H27N3O2/c1-19(2,24-5)13-22-18(20-3)21-12-14-6-7-16-11-17(23-4)9-8-15(16)10-14/h6-11H,12-13H2,1-5H3,(H2,20,21,22). The average Bonchev–Trinajstić information content (AvgIpc) is 2.61. The molecule has 2 aromatic rings. The number of aliphatic imine (C=N–C) groups is 1. The van der Waals surface area contributed by atoms with E-state index in [1.807, 2.05) is 26.0 Å². The van der Waals surface area contributed by atoms with E-state index in [9.17, 15) is 0 Å². The molecule has 0 aliphatic rings. The third kappa shape index (κ3) is 4.86. The number of nitrogens with one attached hydrogen (secondary N) is 2. The predicted octanol–water partition coefficient (Wildman–Crippen LogP) is 2.94. The van der Waals surface area contributed by atoms with E-state index in [0.29, 0.717) is 13.1 Å². The molecule has 2 N–H and O–H groups in total. The second kappa shape index (κ2) is 8.02. The van der Waals surface area contributed by atoms with Gasteiger partial charge in [-0.25, -0.2) is 0 Å². The summed E-state index contributed by atoms with van der Waals surface area (Å²) >= 11 is 0. The minimum Gasteiger partial charge on any atom is -0.497 e. The third-order valence-corrected chi connectivity index (χ3v) is 4.03. The van der Waals surface area contributed by atoms with Gasteiger partial charge in [0.05, 0.1) is 12.7 Å². The Morgan fingerprint density at radius 3 is 2.42 bits per heavy atom. The van der Waals surface area contributed by atoms with Crippen molar-refractivity contribution in [3.8, 4) is 5.75 Å². The minimum absolute atomic E-state index is 0.236. The van der Waals surface area contributed by atoms with Crippen molar-refractivity contribution < 1.29 is 9.47 Å². The van der Waals surface area contributed by atoms with E-state index < -0.39 is 0 Å². The fourth-order valence-corrected chi connectivity index (χ4v) is 2.29. The molecule has 0 aliphatic carbocycles. The summed E-state index contributed by atoms with van der Waals surface area (Å²) in [5.41, 5.74) is 0.959. The van der Waals surface area contributed by atoms with Gasteiger partial charge < -0.3 is 20.1 Å². The van der Waals surface area contributed by atoms with Crippen LogP contribution in [0.5, 0.6) is 5.75 Å². The molecule has 0 aromatic heterocycles. The summed E-state index contributed by atoms with van der Waals surface area (Å²) in [5, 5.41) is 8.97. The molecule has 0 bridgehead atoms. The minimum atomic E-state index is -0.236. The molecule has 0 aliphatic heterocycles. The molecule has 130 valence electrons. The van der Waals surface area contributed by atoms with Gasteiger partial charge in [-0.2, -0.15) is 0 Å². The van der Waals surface area contributed by atoms with Crippen LogP contribution in [0, 0.1) is 0 Å². The largest absolute Gasteiger partial charge is 0.497 e. The number of benzene rings is 2. The molecule has 0 unspecified atom stereocenters. The highest BCUT2D eigenvalue weighted by atomic mass is 16.5. The molecule has 2 rings (SSSR count). The molecule has 5 nitrogen and oxygen atoms in total. The molecule has 0 saturated heterocycles. The van der Waals surface area contributed by atoms with Crippen molar-refractivity contribution in [1.29, 1.82) is 0 Å². The summed E-state index contributed by atoms with van der Waals surface area (Å²) in [7, 11) is 5.16. The lowest BCUT2D eigenvalue weighted by Gasteiger charge is -2.24. The number of fused-ring (bicyclic) bond motifs is 1. The maximum Gasteiger partial charge on any atom is 0.191 e. The Morgan fingerprint density at radius 1 is 1.04 bits per heavy atom. The highest BCUT2D eigenvalue weighted by Crippen LogP contribution is 2.21. The number of hydrogen-bond donors (Lipinski definition) is 2. The summed E-state index contributed by atoms with van der Waals surface area (Å²) in [4.78, 5) is 4.25. The molecule has 0 amide bonds. The molecule has 0 spiro atoms. The van der Waals surface area contributed by atoms with Crippen LogP contribution in [0.1, 0.15) is 19.4 Å². The fourth-order valence-electron chi connectivity index (χ4n) is 2.29. The van der Waals surface area contributed by atoms with Crippen LogP contribution in [0.25, 0.3) is 10.8 Å². The smallest absolute Gasteiger partial charge is 0.191 e. The van der Waals surface area contributed by atoms with E-state index in [1.165, 1.54) is 16.3 Å². The van der Waals surface area contributed by atoms with Crippen LogP contribution in [0.3, 0.4) is 0 Å². The Kier molecular flexibility index (Phi) is 6.04. The lowest BCUT2D eigenvalue weighted by atomic mass is 10.1. The highest BCUT2D eigenvalue weighted by Gasteiger charge is 2.16. The van der Waals surface area contributed by atoms with Crippen LogP contribution in [0.4, 0.5) is 0 Å². The Bertz CT molecular complexity index is 711. The van der Waals surface area contributed by atoms with Gasteiger partial charge in [-0.1, -0.05) is 18.2 Å². The normalized spacial score (nSPS) is 12.3. The summed E-state index contributed by atoms with van der Waals surface area (Å²) in [5.74, 6) is 1.63. The van der Waals surface area contributed by atoms with E-state index in [0.717, 1.165) is 11.7 Å². The SMILES string of the molecule is CN=C(NCc1ccc2cc(OC)ccc2c1)NCC(C)(C)OC. The molecule has 2 aromatic carbocycles. The van der Waals surface area contributed by atoms with Gasteiger partial charge in [-0.05, 0) is 48.4 Å². The zero-order valence-corrected chi connectivity index (χ0v) is 15.1. The Labute approximate surface area is 144 Å². The monoisotopic (exact) mass is 329 g/mol.